The van der Waals surface area contributed by atoms with Crippen LogP contribution in [0.3, 0.4) is 0 Å². The molecule has 2 nitrogen and oxygen atoms in total. The van der Waals surface area contributed by atoms with E-state index in [0.29, 0.717) is 6.42 Å². The van der Waals surface area contributed by atoms with E-state index in [9.17, 15) is 4.79 Å². The SMILES string of the molecule is CCC(C(=O)O)c1ccccc1SC. The van der Waals surface area contributed by atoms with Crippen molar-refractivity contribution in [2.24, 2.45) is 0 Å². The van der Waals surface area contributed by atoms with Gasteiger partial charge in [0, 0.05) is 4.90 Å². The van der Waals surface area contributed by atoms with Crippen LogP contribution in [0.25, 0.3) is 0 Å². The molecule has 1 aromatic carbocycles. The minimum absolute atomic E-state index is 0.376. The molecule has 0 aliphatic rings. The Balaban J connectivity index is 3.08. The molecule has 0 spiro atoms. The maximum absolute atomic E-state index is 11.0. The summed E-state index contributed by atoms with van der Waals surface area (Å²) in [6.07, 6.45) is 2.60. The lowest BCUT2D eigenvalue weighted by atomic mass is 9.97. The number of carboxylic acid groups (broad SMARTS) is 1. The molecule has 0 aliphatic carbocycles. The molecule has 0 aliphatic heterocycles. The lowest BCUT2D eigenvalue weighted by molar-refractivity contribution is -0.138. The van der Waals surface area contributed by atoms with Crippen molar-refractivity contribution in [2.75, 3.05) is 6.26 Å². The fraction of sp³-hybridized carbons (Fsp3) is 0.364. The van der Waals surface area contributed by atoms with Gasteiger partial charge in [-0.1, -0.05) is 25.1 Å². The Hall–Kier alpha value is -0.960. The van der Waals surface area contributed by atoms with Gasteiger partial charge in [0.1, 0.15) is 0 Å². The van der Waals surface area contributed by atoms with E-state index in [0.717, 1.165) is 10.5 Å². The molecule has 0 saturated carbocycles. The molecular formula is C11H14O2S. The molecule has 1 N–H and O–H groups in total. The van der Waals surface area contributed by atoms with Crippen molar-refractivity contribution in [3.05, 3.63) is 29.8 Å². The van der Waals surface area contributed by atoms with Gasteiger partial charge in [0.2, 0.25) is 0 Å². The fourth-order valence-corrected chi connectivity index (χ4v) is 2.14. The molecule has 0 fully saturated rings. The van der Waals surface area contributed by atoms with Crippen LogP contribution in [0.4, 0.5) is 0 Å². The summed E-state index contributed by atoms with van der Waals surface area (Å²) in [4.78, 5) is 12.0. The summed E-state index contributed by atoms with van der Waals surface area (Å²) >= 11 is 1.59. The first-order chi connectivity index (χ1) is 6.70. The Morgan fingerprint density at radius 2 is 2.14 bits per heavy atom. The summed E-state index contributed by atoms with van der Waals surface area (Å²) in [5.41, 5.74) is 0.926. The topological polar surface area (TPSA) is 37.3 Å². The minimum atomic E-state index is -0.742. The molecular weight excluding hydrogens is 196 g/mol. The summed E-state index contributed by atoms with van der Waals surface area (Å²) in [6.45, 7) is 1.90. The molecule has 76 valence electrons. The van der Waals surface area contributed by atoms with E-state index < -0.39 is 5.97 Å². The molecule has 0 heterocycles. The summed E-state index contributed by atoms with van der Waals surface area (Å²) in [5.74, 6) is -1.12. The first-order valence-corrected chi connectivity index (χ1v) is 5.78. The number of carbonyl (C=O) groups is 1. The quantitative estimate of drug-likeness (QED) is 0.776. The van der Waals surface area contributed by atoms with E-state index in [-0.39, 0.29) is 5.92 Å². The van der Waals surface area contributed by atoms with Gasteiger partial charge in [0.15, 0.2) is 0 Å². The molecule has 1 aromatic rings. The second-order valence-electron chi connectivity index (χ2n) is 3.04. The van der Waals surface area contributed by atoms with Gasteiger partial charge < -0.3 is 5.11 Å². The Morgan fingerprint density at radius 1 is 1.50 bits per heavy atom. The number of rotatable bonds is 4. The summed E-state index contributed by atoms with van der Waals surface area (Å²) in [5, 5.41) is 9.04. The van der Waals surface area contributed by atoms with Crippen LogP contribution < -0.4 is 0 Å². The Bertz CT molecular complexity index is 323. The highest BCUT2D eigenvalue weighted by Crippen LogP contribution is 2.29. The second-order valence-corrected chi connectivity index (χ2v) is 3.89. The molecule has 0 amide bonds. The molecule has 1 atom stereocenters. The average Bonchev–Trinajstić information content (AvgIpc) is 2.19. The van der Waals surface area contributed by atoms with Crippen LogP contribution in [0.5, 0.6) is 0 Å². The zero-order valence-electron chi connectivity index (χ0n) is 8.36. The van der Waals surface area contributed by atoms with Crippen LogP contribution in [0.1, 0.15) is 24.8 Å². The lowest BCUT2D eigenvalue weighted by Crippen LogP contribution is -2.11. The largest absolute Gasteiger partial charge is 0.481 e. The van der Waals surface area contributed by atoms with Crippen LogP contribution in [0, 0.1) is 0 Å². The van der Waals surface area contributed by atoms with Crippen molar-refractivity contribution in [2.45, 2.75) is 24.2 Å². The monoisotopic (exact) mass is 210 g/mol. The molecule has 0 bridgehead atoms. The van der Waals surface area contributed by atoms with Gasteiger partial charge in [0.25, 0.3) is 0 Å². The zero-order chi connectivity index (χ0) is 10.6. The van der Waals surface area contributed by atoms with E-state index >= 15 is 0 Å². The standard InChI is InChI=1S/C11H14O2S/c1-3-8(11(12)13)9-6-4-5-7-10(9)14-2/h4-8H,3H2,1-2H3,(H,12,13). The van der Waals surface area contributed by atoms with Crippen LogP contribution >= 0.6 is 11.8 Å². The summed E-state index contributed by atoms with van der Waals surface area (Å²) in [6, 6.07) is 7.68. The van der Waals surface area contributed by atoms with Crippen molar-refractivity contribution in [3.63, 3.8) is 0 Å². The molecule has 1 unspecified atom stereocenters. The third kappa shape index (κ3) is 2.29. The molecule has 0 saturated heterocycles. The van der Waals surface area contributed by atoms with Crippen molar-refractivity contribution in [1.29, 1.82) is 0 Å². The van der Waals surface area contributed by atoms with Crippen LogP contribution in [-0.4, -0.2) is 17.3 Å². The van der Waals surface area contributed by atoms with Gasteiger partial charge in [-0.2, -0.15) is 0 Å². The normalized spacial score (nSPS) is 12.4. The number of thioether (sulfide) groups is 1. The maximum atomic E-state index is 11.0. The van der Waals surface area contributed by atoms with E-state index in [2.05, 4.69) is 0 Å². The predicted molar refractivity (Wildman–Crippen MR) is 58.9 cm³/mol. The van der Waals surface area contributed by atoms with Gasteiger partial charge in [-0.3, -0.25) is 4.79 Å². The third-order valence-corrected chi connectivity index (χ3v) is 3.03. The zero-order valence-corrected chi connectivity index (χ0v) is 9.17. The van der Waals surface area contributed by atoms with Gasteiger partial charge in [-0.25, -0.2) is 0 Å². The average molecular weight is 210 g/mol. The van der Waals surface area contributed by atoms with Crippen molar-refractivity contribution >= 4 is 17.7 Å². The van der Waals surface area contributed by atoms with Crippen LogP contribution in [-0.2, 0) is 4.79 Å². The number of carboxylic acids is 1. The predicted octanol–water partition coefficient (Wildman–Crippen LogP) is 2.99. The molecule has 0 radical (unpaired) electrons. The number of hydrogen-bond acceptors (Lipinski definition) is 2. The van der Waals surface area contributed by atoms with Gasteiger partial charge in [-0.05, 0) is 24.3 Å². The number of benzene rings is 1. The minimum Gasteiger partial charge on any atom is -0.481 e. The Morgan fingerprint density at radius 3 is 2.64 bits per heavy atom. The van der Waals surface area contributed by atoms with Crippen molar-refractivity contribution in [1.82, 2.24) is 0 Å². The molecule has 0 aromatic heterocycles. The van der Waals surface area contributed by atoms with E-state index in [1.807, 2.05) is 37.4 Å². The number of aliphatic carboxylic acids is 1. The maximum Gasteiger partial charge on any atom is 0.311 e. The summed E-state index contributed by atoms with van der Waals surface area (Å²) in [7, 11) is 0. The van der Waals surface area contributed by atoms with Crippen molar-refractivity contribution < 1.29 is 9.90 Å². The van der Waals surface area contributed by atoms with E-state index in [4.69, 9.17) is 5.11 Å². The van der Waals surface area contributed by atoms with E-state index in [1.165, 1.54) is 0 Å². The second kappa shape index (κ2) is 5.05. The van der Waals surface area contributed by atoms with Gasteiger partial charge in [-0.15, -0.1) is 11.8 Å². The first kappa shape index (κ1) is 11.1. The third-order valence-electron chi connectivity index (χ3n) is 2.22. The van der Waals surface area contributed by atoms with E-state index in [1.54, 1.807) is 11.8 Å². The highest BCUT2D eigenvalue weighted by Gasteiger charge is 2.19. The number of hydrogen-bond donors (Lipinski definition) is 1. The molecule has 1 rings (SSSR count). The Kier molecular flexibility index (Phi) is 4.01. The summed E-state index contributed by atoms with van der Waals surface area (Å²) < 4.78 is 0. The smallest absolute Gasteiger partial charge is 0.311 e. The first-order valence-electron chi connectivity index (χ1n) is 4.56. The molecule has 3 heteroatoms. The highest BCUT2D eigenvalue weighted by molar-refractivity contribution is 7.98. The Labute approximate surface area is 88.3 Å². The van der Waals surface area contributed by atoms with Crippen LogP contribution in [0.2, 0.25) is 0 Å². The van der Waals surface area contributed by atoms with Gasteiger partial charge in [0.05, 0.1) is 5.92 Å². The van der Waals surface area contributed by atoms with Gasteiger partial charge >= 0.3 is 5.97 Å². The molecule has 14 heavy (non-hydrogen) atoms. The van der Waals surface area contributed by atoms with Crippen molar-refractivity contribution in [3.8, 4) is 0 Å². The fourth-order valence-electron chi connectivity index (χ4n) is 1.48. The highest BCUT2D eigenvalue weighted by atomic mass is 32.2. The van der Waals surface area contributed by atoms with Crippen LogP contribution in [0.15, 0.2) is 29.2 Å². The lowest BCUT2D eigenvalue weighted by Gasteiger charge is -2.13.